The lowest BCUT2D eigenvalue weighted by Crippen LogP contribution is -2.45. The molecule has 24 heavy (non-hydrogen) atoms. The van der Waals surface area contributed by atoms with Crippen molar-refractivity contribution in [2.75, 3.05) is 6.54 Å². The molecular weight excluding hydrogens is 454 g/mol. The van der Waals surface area contributed by atoms with Crippen molar-refractivity contribution in [2.45, 2.75) is 71.8 Å². The van der Waals surface area contributed by atoms with E-state index in [2.05, 4.69) is 45.7 Å². The molecule has 0 radical (unpaired) electrons. The van der Waals surface area contributed by atoms with Gasteiger partial charge in [0, 0.05) is 5.92 Å². The van der Waals surface area contributed by atoms with E-state index < -0.39 is 4.65 Å². The fourth-order valence-electron chi connectivity index (χ4n) is 3.50. The van der Waals surface area contributed by atoms with E-state index in [4.69, 9.17) is 0 Å². The van der Waals surface area contributed by atoms with Crippen LogP contribution in [0.2, 0.25) is 0 Å². The van der Waals surface area contributed by atoms with Gasteiger partial charge in [0.25, 0.3) is 0 Å². The Balaban J connectivity index is 1.89. The van der Waals surface area contributed by atoms with Crippen LogP contribution in [0.15, 0.2) is 7.57 Å². The third kappa shape index (κ3) is 4.70. The lowest BCUT2D eigenvalue weighted by molar-refractivity contribution is -0.811. The minimum Gasteiger partial charge on any atom is -0.625 e. The first-order chi connectivity index (χ1) is 11.4. The molecule has 0 bridgehead atoms. The van der Waals surface area contributed by atoms with Crippen molar-refractivity contribution in [3.05, 3.63) is 23.9 Å². The highest BCUT2D eigenvalue weighted by Crippen LogP contribution is 2.45. The summed E-state index contributed by atoms with van der Waals surface area (Å²) in [5, 5.41) is 13.1. The number of hydrogen-bond donors (Lipinski definition) is 0. The van der Waals surface area contributed by atoms with Crippen LogP contribution < -0.4 is 0 Å². The van der Waals surface area contributed by atoms with E-state index >= 15 is 0 Å². The van der Waals surface area contributed by atoms with Crippen LogP contribution in [-0.2, 0) is 6.54 Å². The van der Waals surface area contributed by atoms with Gasteiger partial charge in [0.1, 0.15) is 12.1 Å². The number of carbonyl (C=O) groups is 1. The molecule has 0 aromatic carbocycles. The largest absolute Gasteiger partial charge is 0.625 e. The second-order valence-electron chi connectivity index (χ2n) is 6.87. The molecule has 0 saturated carbocycles. The third-order valence-corrected chi connectivity index (χ3v) is 7.66. The normalized spacial score (nSPS) is 21.3. The van der Waals surface area contributed by atoms with Crippen molar-refractivity contribution >= 4 is 49.1 Å². The number of nitrogens with zero attached hydrogens (tertiary/aromatic N) is 1. The standard InChI is InChI=1S/C18H27Br2NO2S/c1-3-5-6-7-8-9-10-13(4-2)11-21(23)12-14-15(18(21)22)17(20)24-16(14)19/h13H,3-12H2,1-2H3. The van der Waals surface area contributed by atoms with Crippen LogP contribution in [0.3, 0.4) is 0 Å². The van der Waals surface area contributed by atoms with Gasteiger partial charge in [-0.2, -0.15) is 0 Å². The lowest BCUT2D eigenvalue weighted by atomic mass is 9.97. The monoisotopic (exact) mass is 479 g/mol. The molecule has 1 aromatic heterocycles. The molecule has 1 amide bonds. The van der Waals surface area contributed by atoms with Gasteiger partial charge in [-0.1, -0.05) is 52.4 Å². The average molecular weight is 481 g/mol. The molecule has 0 aliphatic carbocycles. The minimum atomic E-state index is -0.705. The Morgan fingerprint density at radius 3 is 2.42 bits per heavy atom. The van der Waals surface area contributed by atoms with Crippen molar-refractivity contribution in [3.8, 4) is 0 Å². The maximum atomic E-state index is 13.1. The zero-order valence-electron chi connectivity index (χ0n) is 14.6. The van der Waals surface area contributed by atoms with E-state index in [1.165, 1.54) is 49.9 Å². The molecule has 2 rings (SSSR count). The predicted octanol–water partition coefficient (Wildman–Crippen LogP) is 7.02. The second kappa shape index (κ2) is 9.26. The number of thiophene rings is 1. The average Bonchev–Trinajstić information content (AvgIpc) is 2.97. The number of hydrogen-bond acceptors (Lipinski definition) is 3. The second-order valence-corrected chi connectivity index (χ2v) is 10.5. The molecule has 0 fully saturated rings. The van der Waals surface area contributed by atoms with Gasteiger partial charge in [-0.3, -0.25) is 4.65 Å². The molecule has 6 heteroatoms. The van der Waals surface area contributed by atoms with Crippen LogP contribution in [-0.4, -0.2) is 17.1 Å². The summed E-state index contributed by atoms with van der Waals surface area (Å²) in [6, 6.07) is 0. The summed E-state index contributed by atoms with van der Waals surface area (Å²) in [5.74, 6) is 0.0723. The van der Waals surface area contributed by atoms with Crippen molar-refractivity contribution in [3.63, 3.8) is 0 Å². The highest BCUT2D eigenvalue weighted by molar-refractivity contribution is 9.12. The van der Waals surface area contributed by atoms with Gasteiger partial charge >= 0.3 is 5.91 Å². The first kappa shape index (κ1) is 20.6. The molecule has 0 saturated heterocycles. The lowest BCUT2D eigenvalue weighted by Gasteiger charge is -2.38. The molecule has 1 aliphatic heterocycles. The molecule has 3 nitrogen and oxygen atoms in total. The number of rotatable bonds is 10. The number of unbranched alkanes of at least 4 members (excludes halogenated alkanes) is 5. The van der Waals surface area contributed by atoms with Crippen molar-refractivity contribution in [1.29, 1.82) is 0 Å². The van der Waals surface area contributed by atoms with E-state index in [0.29, 0.717) is 18.0 Å². The van der Waals surface area contributed by atoms with Gasteiger partial charge in [-0.05, 0) is 44.7 Å². The topological polar surface area (TPSA) is 40.1 Å². The smallest absolute Gasteiger partial charge is 0.348 e. The summed E-state index contributed by atoms with van der Waals surface area (Å²) in [5.41, 5.74) is 1.50. The maximum absolute atomic E-state index is 13.1. The molecule has 136 valence electrons. The zero-order valence-corrected chi connectivity index (χ0v) is 18.6. The van der Waals surface area contributed by atoms with Crippen LogP contribution in [0.5, 0.6) is 0 Å². The Morgan fingerprint density at radius 1 is 1.12 bits per heavy atom. The highest BCUT2D eigenvalue weighted by atomic mass is 79.9. The Morgan fingerprint density at radius 2 is 1.79 bits per heavy atom. The highest BCUT2D eigenvalue weighted by Gasteiger charge is 2.44. The molecule has 2 heterocycles. The van der Waals surface area contributed by atoms with Gasteiger partial charge in [0.15, 0.2) is 0 Å². The predicted molar refractivity (Wildman–Crippen MR) is 108 cm³/mol. The van der Waals surface area contributed by atoms with Crippen molar-refractivity contribution in [2.24, 2.45) is 5.92 Å². The van der Waals surface area contributed by atoms with Crippen LogP contribution in [0.4, 0.5) is 0 Å². The summed E-state index contributed by atoms with van der Waals surface area (Å²) in [6.07, 6.45) is 9.64. The summed E-state index contributed by atoms with van der Waals surface area (Å²) in [6.45, 7) is 5.06. The summed E-state index contributed by atoms with van der Waals surface area (Å²) in [4.78, 5) is 12.7. The molecular formula is C18H27Br2NO2S. The minimum absolute atomic E-state index is 0.264. The number of carbonyl (C=O) groups excluding carboxylic acids is 1. The third-order valence-electron chi connectivity index (χ3n) is 5.01. The Kier molecular flexibility index (Phi) is 7.94. The van der Waals surface area contributed by atoms with E-state index in [-0.39, 0.29) is 12.5 Å². The fourth-order valence-corrected chi connectivity index (χ4v) is 6.61. The van der Waals surface area contributed by atoms with Crippen molar-refractivity contribution < 1.29 is 9.44 Å². The molecule has 1 aromatic rings. The van der Waals surface area contributed by atoms with Gasteiger partial charge in [-0.25, -0.2) is 4.79 Å². The Bertz CT molecular complexity index is 576. The number of amides is 1. The van der Waals surface area contributed by atoms with Gasteiger partial charge in [-0.15, -0.1) is 11.3 Å². The first-order valence-electron chi connectivity index (χ1n) is 9.02. The van der Waals surface area contributed by atoms with E-state index in [1.54, 1.807) is 0 Å². The van der Waals surface area contributed by atoms with E-state index in [0.717, 1.165) is 26.0 Å². The first-order valence-corrected chi connectivity index (χ1v) is 11.4. The van der Waals surface area contributed by atoms with Gasteiger partial charge in [0.05, 0.1) is 19.7 Å². The molecule has 2 unspecified atom stereocenters. The zero-order chi connectivity index (χ0) is 17.7. The number of hydroxylamine groups is 3. The number of quaternary nitrogens is 1. The molecule has 2 atom stereocenters. The van der Waals surface area contributed by atoms with Crippen LogP contribution in [0.25, 0.3) is 0 Å². The SMILES string of the molecule is CCCCCCCCC(CC)C[N+]1([O-])Cc2c(Br)sc(Br)c2C1=O. The molecule has 0 spiro atoms. The summed E-state index contributed by atoms with van der Waals surface area (Å²) >= 11 is 8.41. The Labute approximate surface area is 166 Å². The summed E-state index contributed by atoms with van der Waals surface area (Å²) in [7, 11) is 0. The van der Waals surface area contributed by atoms with Crippen LogP contribution in [0, 0.1) is 11.1 Å². The molecule has 0 N–H and O–H groups in total. The van der Waals surface area contributed by atoms with Gasteiger partial charge in [0.2, 0.25) is 0 Å². The Hall–Kier alpha value is 0.250. The van der Waals surface area contributed by atoms with Crippen molar-refractivity contribution in [1.82, 2.24) is 0 Å². The van der Waals surface area contributed by atoms with Crippen LogP contribution in [0.1, 0.15) is 81.1 Å². The molecule has 1 aliphatic rings. The van der Waals surface area contributed by atoms with Crippen LogP contribution >= 0.6 is 43.2 Å². The van der Waals surface area contributed by atoms with E-state index in [9.17, 15) is 10.0 Å². The number of halogens is 2. The quantitative estimate of drug-likeness (QED) is 0.205. The maximum Gasteiger partial charge on any atom is 0.348 e. The fraction of sp³-hybridized carbons (Fsp3) is 0.722. The van der Waals surface area contributed by atoms with Gasteiger partial charge < -0.3 is 5.21 Å². The summed E-state index contributed by atoms with van der Waals surface area (Å²) < 4.78 is 0.996. The van der Waals surface area contributed by atoms with E-state index in [1.807, 2.05) is 0 Å². The number of fused-ring (bicyclic) bond motifs is 1.